The van der Waals surface area contributed by atoms with Crippen molar-refractivity contribution in [3.63, 3.8) is 0 Å². The molecule has 6 nitrogen and oxygen atoms in total. The van der Waals surface area contributed by atoms with Crippen molar-refractivity contribution >= 4 is 11.4 Å². The fourth-order valence-corrected chi connectivity index (χ4v) is 3.83. The van der Waals surface area contributed by atoms with Crippen LogP contribution in [0.15, 0.2) is 42.6 Å². The molecule has 2 aromatic heterocycles. The second-order valence-electron chi connectivity index (χ2n) is 7.82. The number of aryl methyl sites for hydroxylation is 1. The van der Waals surface area contributed by atoms with Gasteiger partial charge in [-0.2, -0.15) is 5.26 Å². The lowest BCUT2D eigenvalue weighted by atomic mass is 10.0. The predicted molar refractivity (Wildman–Crippen MR) is 126 cm³/mol. The fraction of sp³-hybridized carbons (Fsp3) is 0.423. The number of unbranched alkanes of at least 4 members (excludes halogenated alkanes) is 1. The molecule has 6 heteroatoms. The number of nitriles is 1. The number of ketones is 1. The number of aromatic nitrogens is 2. The maximum atomic E-state index is 13.5. The molecule has 32 heavy (non-hydrogen) atoms. The molecule has 0 saturated heterocycles. The number of nitrogens with zero attached hydrogens (tertiary/aromatic N) is 4. The Labute approximate surface area is 190 Å². The van der Waals surface area contributed by atoms with Gasteiger partial charge in [0.05, 0.1) is 17.9 Å². The number of imidazole rings is 1. The molecular weight excluding hydrogens is 400 g/mol. The maximum absolute atomic E-state index is 13.5. The lowest BCUT2D eigenvalue weighted by Gasteiger charge is -2.18. The molecule has 0 unspecified atom stereocenters. The molecule has 3 aromatic rings. The molecule has 0 amide bonds. The summed E-state index contributed by atoms with van der Waals surface area (Å²) < 4.78 is 7.71. The first kappa shape index (κ1) is 23.5. The maximum Gasteiger partial charge on any atom is 0.211 e. The lowest BCUT2D eigenvalue weighted by molar-refractivity contribution is 0.103. The van der Waals surface area contributed by atoms with E-state index in [-0.39, 0.29) is 5.78 Å². The Morgan fingerprint density at radius 1 is 1.16 bits per heavy atom. The van der Waals surface area contributed by atoms with Crippen LogP contribution in [0.5, 0.6) is 5.75 Å². The standard InChI is InChI=1S/C26H32N4O2/c1-4-7-11-22-25(30-16-9-8-12-24(30)28-22)26(31)20-13-14-23(21(18-20)19-27)32-17-10-15-29(5-2)6-3/h8-9,12-14,16,18H,4-7,10-11,15,17H2,1-3H3. The molecule has 0 fully saturated rings. The highest BCUT2D eigenvalue weighted by atomic mass is 16.5. The van der Waals surface area contributed by atoms with Gasteiger partial charge in [0.15, 0.2) is 0 Å². The quantitative estimate of drug-likeness (QED) is 0.301. The van der Waals surface area contributed by atoms with Crippen molar-refractivity contribution in [1.82, 2.24) is 14.3 Å². The Hall–Kier alpha value is -3.17. The zero-order valence-electron chi connectivity index (χ0n) is 19.3. The van der Waals surface area contributed by atoms with E-state index in [0.29, 0.717) is 29.2 Å². The number of rotatable bonds is 12. The molecule has 168 valence electrons. The Bertz CT molecular complexity index is 1090. The van der Waals surface area contributed by atoms with Crippen molar-refractivity contribution in [1.29, 1.82) is 5.26 Å². The van der Waals surface area contributed by atoms with E-state index >= 15 is 0 Å². The summed E-state index contributed by atoms with van der Waals surface area (Å²) in [5, 5.41) is 9.65. The molecule has 0 aliphatic carbocycles. The lowest BCUT2D eigenvalue weighted by Crippen LogP contribution is -2.25. The summed E-state index contributed by atoms with van der Waals surface area (Å²) in [6, 6.07) is 13.0. The van der Waals surface area contributed by atoms with Crippen molar-refractivity contribution in [3.8, 4) is 11.8 Å². The van der Waals surface area contributed by atoms with Gasteiger partial charge in [0, 0.05) is 18.3 Å². The van der Waals surface area contributed by atoms with Crippen molar-refractivity contribution in [2.24, 2.45) is 0 Å². The second-order valence-corrected chi connectivity index (χ2v) is 7.82. The SMILES string of the molecule is CCCCc1nc2ccccn2c1C(=O)c1ccc(OCCCN(CC)CC)c(C#N)c1. The molecule has 0 aliphatic heterocycles. The van der Waals surface area contributed by atoms with Gasteiger partial charge in [0.1, 0.15) is 23.2 Å². The molecule has 0 saturated carbocycles. The summed E-state index contributed by atoms with van der Waals surface area (Å²) in [7, 11) is 0. The molecule has 0 aliphatic rings. The highest BCUT2D eigenvalue weighted by Gasteiger charge is 2.21. The van der Waals surface area contributed by atoms with E-state index in [1.54, 1.807) is 18.2 Å². The number of ether oxygens (including phenoxy) is 1. The van der Waals surface area contributed by atoms with E-state index in [1.165, 1.54) is 0 Å². The Kier molecular flexibility index (Phi) is 8.41. The monoisotopic (exact) mass is 432 g/mol. The van der Waals surface area contributed by atoms with Crippen LogP contribution in [0.25, 0.3) is 5.65 Å². The highest BCUT2D eigenvalue weighted by molar-refractivity contribution is 6.09. The van der Waals surface area contributed by atoms with Gasteiger partial charge < -0.3 is 9.64 Å². The second kappa shape index (κ2) is 11.4. The predicted octanol–water partition coefficient (Wildman–Crippen LogP) is 4.89. The van der Waals surface area contributed by atoms with E-state index in [1.807, 2.05) is 28.8 Å². The van der Waals surface area contributed by atoms with Gasteiger partial charge in [0.25, 0.3) is 0 Å². The van der Waals surface area contributed by atoms with Crippen LogP contribution >= 0.6 is 0 Å². The van der Waals surface area contributed by atoms with Gasteiger partial charge >= 0.3 is 0 Å². The van der Waals surface area contributed by atoms with Crippen LogP contribution in [0.1, 0.15) is 67.3 Å². The smallest absolute Gasteiger partial charge is 0.211 e. The van der Waals surface area contributed by atoms with Crippen molar-refractivity contribution in [2.75, 3.05) is 26.2 Å². The first-order valence-corrected chi connectivity index (χ1v) is 11.5. The number of carbonyl (C=O) groups excluding carboxylic acids is 1. The summed E-state index contributed by atoms with van der Waals surface area (Å²) >= 11 is 0. The average Bonchev–Trinajstić information content (AvgIpc) is 3.20. The number of benzene rings is 1. The minimum Gasteiger partial charge on any atom is -0.492 e. The molecule has 3 rings (SSSR count). The average molecular weight is 433 g/mol. The van der Waals surface area contributed by atoms with Gasteiger partial charge in [-0.1, -0.05) is 33.3 Å². The Morgan fingerprint density at radius 3 is 2.69 bits per heavy atom. The first-order chi connectivity index (χ1) is 15.6. The zero-order chi connectivity index (χ0) is 22.9. The third kappa shape index (κ3) is 5.35. The van der Waals surface area contributed by atoms with Gasteiger partial charge in [0.2, 0.25) is 5.78 Å². The van der Waals surface area contributed by atoms with E-state index in [4.69, 9.17) is 4.74 Å². The van der Waals surface area contributed by atoms with Crippen LogP contribution in [0.4, 0.5) is 0 Å². The van der Waals surface area contributed by atoms with Crippen LogP contribution < -0.4 is 4.74 Å². The van der Waals surface area contributed by atoms with Crippen molar-refractivity contribution < 1.29 is 9.53 Å². The van der Waals surface area contributed by atoms with Crippen molar-refractivity contribution in [2.45, 2.75) is 46.5 Å². The molecule has 0 atom stereocenters. The van der Waals surface area contributed by atoms with E-state index in [0.717, 1.165) is 56.7 Å². The van der Waals surface area contributed by atoms with E-state index in [9.17, 15) is 10.1 Å². The van der Waals surface area contributed by atoms with Gasteiger partial charge in [-0.15, -0.1) is 0 Å². The molecule has 0 radical (unpaired) electrons. The summed E-state index contributed by atoms with van der Waals surface area (Å²) in [4.78, 5) is 20.5. The van der Waals surface area contributed by atoms with E-state index in [2.05, 4.69) is 36.7 Å². The minimum absolute atomic E-state index is 0.126. The topological polar surface area (TPSA) is 70.6 Å². The van der Waals surface area contributed by atoms with Gasteiger partial charge in [-0.05, 0) is 62.7 Å². The van der Waals surface area contributed by atoms with Crippen LogP contribution in [0, 0.1) is 11.3 Å². The van der Waals surface area contributed by atoms with Crippen molar-refractivity contribution in [3.05, 3.63) is 65.1 Å². The molecule has 0 N–H and O–H groups in total. The molecular formula is C26H32N4O2. The summed E-state index contributed by atoms with van der Waals surface area (Å²) in [5.74, 6) is 0.396. The van der Waals surface area contributed by atoms with Crippen LogP contribution in [-0.2, 0) is 6.42 Å². The van der Waals surface area contributed by atoms with Gasteiger partial charge in [-0.25, -0.2) is 4.98 Å². The number of hydrogen-bond acceptors (Lipinski definition) is 5. The zero-order valence-corrected chi connectivity index (χ0v) is 19.3. The number of fused-ring (bicyclic) bond motifs is 1. The van der Waals surface area contributed by atoms with E-state index < -0.39 is 0 Å². The summed E-state index contributed by atoms with van der Waals surface area (Å²) in [5.41, 5.74) is 2.99. The minimum atomic E-state index is -0.126. The Balaban J connectivity index is 1.81. The number of hydrogen-bond donors (Lipinski definition) is 0. The van der Waals surface area contributed by atoms with Gasteiger partial charge in [-0.3, -0.25) is 9.20 Å². The molecule has 2 heterocycles. The summed E-state index contributed by atoms with van der Waals surface area (Å²) in [6.07, 6.45) is 5.49. The molecule has 0 spiro atoms. The molecule has 1 aromatic carbocycles. The van der Waals surface area contributed by atoms with Crippen LogP contribution in [-0.4, -0.2) is 46.3 Å². The number of pyridine rings is 1. The Morgan fingerprint density at radius 2 is 1.97 bits per heavy atom. The fourth-order valence-electron chi connectivity index (χ4n) is 3.83. The normalized spacial score (nSPS) is 11.1. The van der Waals surface area contributed by atoms with Crippen LogP contribution in [0.2, 0.25) is 0 Å². The highest BCUT2D eigenvalue weighted by Crippen LogP contribution is 2.24. The number of carbonyl (C=O) groups is 1. The third-order valence-corrected chi connectivity index (χ3v) is 5.72. The first-order valence-electron chi connectivity index (χ1n) is 11.5. The summed E-state index contributed by atoms with van der Waals surface area (Å²) in [6.45, 7) is 9.93. The molecule has 0 bridgehead atoms. The third-order valence-electron chi connectivity index (χ3n) is 5.72. The van der Waals surface area contributed by atoms with Crippen LogP contribution in [0.3, 0.4) is 0 Å². The largest absolute Gasteiger partial charge is 0.492 e.